The number of rotatable bonds is 9. The Labute approximate surface area is 215 Å². The van der Waals surface area contributed by atoms with E-state index in [-0.39, 0.29) is 48.3 Å². The van der Waals surface area contributed by atoms with Crippen LogP contribution in [0.5, 0.6) is 0 Å². The number of carbonyl (C=O) groups excluding carboxylic acids is 2. The van der Waals surface area contributed by atoms with E-state index in [1.165, 1.54) is 13.0 Å². The van der Waals surface area contributed by atoms with Gasteiger partial charge in [-0.2, -0.15) is 0 Å². The second kappa shape index (κ2) is 12.5. The number of aliphatic hydroxyl groups excluding tert-OH is 1. The van der Waals surface area contributed by atoms with Crippen LogP contribution in [0.2, 0.25) is 0 Å². The SMILES string of the molecule is CC[C@@H]1C[C@]2(CO2)[C@@H](O)C(/C=C/C(C)=C/C[C@@H]2O[C@H](C)[C@H](NC(=O)/C=C\[C@H](C)OC(C)=O)C[C@@H]2C)O1. The first kappa shape index (κ1) is 28.6. The van der Waals surface area contributed by atoms with E-state index < -0.39 is 17.8 Å². The van der Waals surface area contributed by atoms with Gasteiger partial charge in [-0.3, -0.25) is 9.59 Å². The number of esters is 1. The summed E-state index contributed by atoms with van der Waals surface area (Å²) in [6.45, 7) is 11.9. The minimum Gasteiger partial charge on any atom is -0.459 e. The number of hydrogen-bond acceptors (Lipinski definition) is 7. The molecule has 202 valence electrons. The monoisotopic (exact) mass is 505 g/mol. The Kier molecular flexibility index (Phi) is 9.92. The second-order valence-corrected chi connectivity index (χ2v) is 10.6. The topological polar surface area (TPSA) is 107 Å². The number of nitrogens with one attached hydrogen (secondary N) is 1. The molecule has 3 heterocycles. The number of carbonyl (C=O) groups is 2. The Morgan fingerprint density at radius 2 is 1.94 bits per heavy atom. The molecule has 0 aromatic rings. The molecular formula is C28H43NO7. The van der Waals surface area contributed by atoms with Gasteiger partial charge in [-0.25, -0.2) is 0 Å². The summed E-state index contributed by atoms with van der Waals surface area (Å²) in [5, 5.41) is 13.7. The Bertz CT molecular complexity index is 862. The lowest BCUT2D eigenvalue weighted by Crippen LogP contribution is -2.50. The number of allylic oxidation sites excluding steroid dienone is 2. The summed E-state index contributed by atoms with van der Waals surface area (Å²) in [7, 11) is 0. The van der Waals surface area contributed by atoms with Crippen LogP contribution in [0.4, 0.5) is 0 Å². The van der Waals surface area contributed by atoms with Crippen LogP contribution >= 0.6 is 0 Å². The van der Waals surface area contributed by atoms with E-state index >= 15 is 0 Å². The molecular weight excluding hydrogens is 462 g/mol. The minimum absolute atomic E-state index is 0.0557. The molecule has 8 nitrogen and oxygen atoms in total. The Balaban J connectivity index is 1.48. The quantitative estimate of drug-likeness (QED) is 0.214. The third kappa shape index (κ3) is 7.75. The molecule has 0 aromatic carbocycles. The van der Waals surface area contributed by atoms with E-state index in [0.29, 0.717) is 6.61 Å². The average Bonchev–Trinajstić information content (AvgIpc) is 3.59. The zero-order valence-electron chi connectivity index (χ0n) is 22.4. The third-order valence-corrected chi connectivity index (χ3v) is 7.38. The van der Waals surface area contributed by atoms with Crippen molar-refractivity contribution in [3.8, 4) is 0 Å². The summed E-state index contributed by atoms with van der Waals surface area (Å²) in [5.41, 5.74) is 0.663. The summed E-state index contributed by atoms with van der Waals surface area (Å²) in [6, 6.07) is -0.0872. The molecule has 0 bridgehead atoms. The van der Waals surface area contributed by atoms with Crippen molar-refractivity contribution in [3.63, 3.8) is 0 Å². The molecule has 1 spiro atoms. The Hall–Kier alpha value is -2.00. The van der Waals surface area contributed by atoms with E-state index in [9.17, 15) is 14.7 Å². The van der Waals surface area contributed by atoms with Gasteiger partial charge in [0, 0.05) is 19.4 Å². The number of hydrogen-bond donors (Lipinski definition) is 2. The highest BCUT2D eigenvalue weighted by atomic mass is 16.6. The summed E-state index contributed by atoms with van der Waals surface area (Å²) in [6.07, 6.45) is 10.9. The summed E-state index contributed by atoms with van der Waals surface area (Å²) < 4.78 is 22.9. The van der Waals surface area contributed by atoms with Crippen molar-refractivity contribution in [2.24, 2.45) is 5.92 Å². The van der Waals surface area contributed by atoms with Gasteiger partial charge < -0.3 is 29.4 Å². The van der Waals surface area contributed by atoms with E-state index in [4.69, 9.17) is 18.9 Å². The van der Waals surface area contributed by atoms with E-state index in [2.05, 4.69) is 25.2 Å². The zero-order chi connectivity index (χ0) is 26.5. The fourth-order valence-corrected chi connectivity index (χ4v) is 5.01. The molecule has 3 rings (SSSR count). The number of ether oxygens (including phenoxy) is 4. The molecule has 0 aliphatic carbocycles. The lowest BCUT2D eigenvalue weighted by atomic mass is 9.87. The summed E-state index contributed by atoms with van der Waals surface area (Å²) in [4.78, 5) is 23.3. The Morgan fingerprint density at radius 1 is 1.22 bits per heavy atom. The molecule has 1 amide bonds. The zero-order valence-corrected chi connectivity index (χ0v) is 22.4. The number of aliphatic hydroxyl groups is 1. The highest BCUT2D eigenvalue weighted by Crippen LogP contribution is 2.43. The minimum atomic E-state index is -0.640. The molecule has 36 heavy (non-hydrogen) atoms. The smallest absolute Gasteiger partial charge is 0.303 e. The molecule has 3 aliphatic rings. The van der Waals surface area contributed by atoms with Crippen LogP contribution in [0.1, 0.15) is 67.2 Å². The number of amides is 1. The molecule has 0 radical (unpaired) electrons. The first-order valence-electron chi connectivity index (χ1n) is 13.2. The van der Waals surface area contributed by atoms with Crippen molar-refractivity contribution >= 4 is 11.9 Å². The van der Waals surface area contributed by atoms with Gasteiger partial charge in [-0.05, 0) is 52.0 Å². The van der Waals surface area contributed by atoms with Gasteiger partial charge in [0.05, 0.1) is 31.0 Å². The summed E-state index contributed by atoms with van der Waals surface area (Å²) >= 11 is 0. The van der Waals surface area contributed by atoms with Crippen molar-refractivity contribution in [3.05, 3.63) is 36.0 Å². The lowest BCUT2D eigenvalue weighted by Gasteiger charge is -2.39. The van der Waals surface area contributed by atoms with E-state index in [1.807, 2.05) is 26.0 Å². The molecule has 3 saturated heterocycles. The average molecular weight is 506 g/mol. The normalized spacial score (nSPS) is 37.9. The lowest BCUT2D eigenvalue weighted by molar-refractivity contribution is -0.143. The van der Waals surface area contributed by atoms with Gasteiger partial charge >= 0.3 is 5.97 Å². The van der Waals surface area contributed by atoms with Gasteiger partial charge in [-0.15, -0.1) is 0 Å². The fraction of sp³-hybridized carbons (Fsp3) is 0.714. The molecule has 1 unspecified atom stereocenters. The third-order valence-electron chi connectivity index (χ3n) is 7.38. The van der Waals surface area contributed by atoms with Crippen molar-refractivity contribution in [1.29, 1.82) is 0 Å². The maximum Gasteiger partial charge on any atom is 0.303 e. The molecule has 3 aliphatic heterocycles. The van der Waals surface area contributed by atoms with Crippen LogP contribution in [-0.2, 0) is 28.5 Å². The maximum atomic E-state index is 12.3. The fourth-order valence-electron chi connectivity index (χ4n) is 5.01. The van der Waals surface area contributed by atoms with Gasteiger partial charge in [0.15, 0.2) is 0 Å². The Morgan fingerprint density at radius 3 is 2.58 bits per heavy atom. The van der Waals surface area contributed by atoms with Gasteiger partial charge in [0.1, 0.15) is 23.9 Å². The van der Waals surface area contributed by atoms with Crippen LogP contribution in [-0.4, -0.2) is 71.9 Å². The molecule has 3 fully saturated rings. The largest absolute Gasteiger partial charge is 0.459 e. The standard InChI is InChI=1S/C28H43NO7/c1-7-22-15-28(16-33-28)27(32)25(36-22)12-9-17(2)8-11-24-18(3)14-23(20(5)35-24)29-26(31)13-10-19(4)34-21(6)30/h8-10,12-13,18-20,22-25,27,32H,7,11,14-16H2,1-6H3,(H,29,31)/b12-9+,13-10-,17-8+/t18-,19-,20+,22+,23+,24-,25?,27-,28-/m0/s1. The van der Waals surface area contributed by atoms with Crippen LogP contribution in [0, 0.1) is 5.92 Å². The van der Waals surface area contributed by atoms with Crippen LogP contribution in [0.25, 0.3) is 0 Å². The van der Waals surface area contributed by atoms with Gasteiger partial charge in [-0.1, -0.05) is 37.6 Å². The van der Waals surface area contributed by atoms with Crippen LogP contribution < -0.4 is 5.32 Å². The van der Waals surface area contributed by atoms with Crippen molar-refractivity contribution in [2.45, 2.75) is 115 Å². The van der Waals surface area contributed by atoms with Crippen LogP contribution in [0.15, 0.2) is 36.0 Å². The molecule has 0 aromatic heterocycles. The second-order valence-electron chi connectivity index (χ2n) is 10.6. The molecule has 8 heteroatoms. The molecule has 0 saturated carbocycles. The van der Waals surface area contributed by atoms with Crippen molar-refractivity contribution in [2.75, 3.05) is 6.61 Å². The number of epoxide rings is 1. The molecule has 2 N–H and O–H groups in total. The highest BCUT2D eigenvalue weighted by molar-refractivity contribution is 5.87. The van der Waals surface area contributed by atoms with E-state index in [0.717, 1.165) is 31.3 Å². The highest BCUT2D eigenvalue weighted by Gasteiger charge is 2.57. The first-order chi connectivity index (χ1) is 17.0. The van der Waals surface area contributed by atoms with Gasteiger partial charge in [0.25, 0.3) is 0 Å². The summed E-state index contributed by atoms with van der Waals surface area (Å²) in [5.74, 6) is -0.339. The van der Waals surface area contributed by atoms with Crippen molar-refractivity contribution in [1.82, 2.24) is 5.32 Å². The predicted octanol–water partition coefficient (Wildman–Crippen LogP) is 3.38. The molecule has 9 atom stereocenters. The van der Waals surface area contributed by atoms with E-state index in [1.54, 1.807) is 13.0 Å². The van der Waals surface area contributed by atoms with Crippen LogP contribution in [0.3, 0.4) is 0 Å². The first-order valence-corrected chi connectivity index (χ1v) is 13.2. The predicted molar refractivity (Wildman–Crippen MR) is 136 cm³/mol. The van der Waals surface area contributed by atoms with Crippen molar-refractivity contribution < 1.29 is 33.6 Å². The maximum absolute atomic E-state index is 12.3. The van der Waals surface area contributed by atoms with Gasteiger partial charge in [0.2, 0.25) is 5.91 Å².